The fourth-order valence-corrected chi connectivity index (χ4v) is 2.78. The summed E-state index contributed by atoms with van der Waals surface area (Å²) in [4.78, 5) is 32.6. The number of anilines is 1. The minimum Gasteiger partial charge on any atom is -0.441 e. The molecule has 2 amide bonds. The Morgan fingerprint density at radius 2 is 2.07 bits per heavy atom. The molecule has 0 saturated heterocycles. The standard InChI is InChI=1S/C17H15F4N5O3/c1-16(6-12(27)26(2)15(22)25-16)9-5-8(3-4-10(9)18)23-13(28)11-7-29-14(24-11)17(19,20)21/h3-5,7H,6H2,1-2H3,(H2,22,25)(H,23,28). The fraction of sp³-hybridized carbons (Fsp3) is 0.294. The predicted molar refractivity (Wildman–Crippen MR) is 92.2 cm³/mol. The maximum atomic E-state index is 14.4. The molecular weight excluding hydrogens is 398 g/mol. The normalized spacial score (nSPS) is 19.9. The highest BCUT2D eigenvalue weighted by atomic mass is 19.4. The van der Waals surface area contributed by atoms with Gasteiger partial charge in [0.05, 0.1) is 12.0 Å². The first-order valence-electron chi connectivity index (χ1n) is 8.17. The summed E-state index contributed by atoms with van der Waals surface area (Å²) < 4.78 is 56.3. The van der Waals surface area contributed by atoms with Gasteiger partial charge in [0, 0.05) is 18.3 Å². The first-order valence-corrected chi connectivity index (χ1v) is 8.17. The van der Waals surface area contributed by atoms with Gasteiger partial charge in [-0.15, -0.1) is 0 Å². The van der Waals surface area contributed by atoms with Gasteiger partial charge in [0.2, 0.25) is 5.91 Å². The van der Waals surface area contributed by atoms with Gasteiger partial charge in [-0.2, -0.15) is 13.2 Å². The summed E-state index contributed by atoms with van der Waals surface area (Å²) in [5, 5.41) is 2.31. The van der Waals surface area contributed by atoms with Crippen molar-refractivity contribution in [3.63, 3.8) is 0 Å². The first-order chi connectivity index (χ1) is 13.4. The number of benzene rings is 1. The van der Waals surface area contributed by atoms with Crippen LogP contribution in [0.2, 0.25) is 0 Å². The average Bonchev–Trinajstić information content (AvgIpc) is 3.12. The van der Waals surface area contributed by atoms with Crippen LogP contribution in [0.3, 0.4) is 0 Å². The summed E-state index contributed by atoms with van der Waals surface area (Å²) in [6, 6.07) is 3.47. The third-order valence-corrected chi connectivity index (χ3v) is 4.36. The average molecular weight is 413 g/mol. The lowest BCUT2D eigenvalue weighted by molar-refractivity contribution is -0.157. The van der Waals surface area contributed by atoms with Crippen LogP contribution in [0.5, 0.6) is 0 Å². The number of rotatable bonds is 3. The Balaban J connectivity index is 1.89. The van der Waals surface area contributed by atoms with Gasteiger partial charge in [0.25, 0.3) is 5.91 Å². The second-order valence-corrected chi connectivity index (χ2v) is 6.56. The zero-order chi connectivity index (χ0) is 21.6. The van der Waals surface area contributed by atoms with Crippen molar-refractivity contribution in [1.29, 1.82) is 0 Å². The van der Waals surface area contributed by atoms with Crippen molar-refractivity contribution < 1.29 is 31.6 Å². The van der Waals surface area contributed by atoms with Gasteiger partial charge in [-0.25, -0.2) is 14.4 Å². The Kier molecular flexibility index (Phi) is 4.81. The minimum atomic E-state index is -4.84. The maximum absolute atomic E-state index is 14.4. The molecule has 2 heterocycles. The number of amides is 2. The molecular formula is C17H15F4N5O3. The summed E-state index contributed by atoms with van der Waals surface area (Å²) in [5.74, 6) is -3.73. The number of hydrogen-bond acceptors (Lipinski definition) is 6. The molecule has 0 saturated carbocycles. The third-order valence-electron chi connectivity index (χ3n) is 4.36. The molecule has 2 aromatic rings. The largest absolute Gasteiger partial charge is 0.468 e. The van der Waals surface area contributed by atoms with Gasteiger partial charge < -0.3 is 15.5 Å². The first kappa shape index (κ1) is 20.3. The highest BCUT2D eigenvalue weighted by Gasteiger charge is 2.39. The number of aromatic nitrogens is 1. The third kappa shape index (κ3) is 3.91. The summed E-state index contributed by atoms with van der Waals surface area (Å²) in [6.45, 7) is 1.50. The Labute approximate surface area is 161 Å². The van der Waals surface area contributed by atoms with Crippen molar-refractivity contribution >= 4 is 23.5 Å². The van der Waals surface area contributed by atoms with Gasteiger partial charge in [-0.05, 0) is 25.1 Å². The summed E-state index contributed by atoms with van der Waals surface area (Å²) in [7, 11) is 1.43. The monoisotopic (exact) mass is 413 g/mol. The van der Waals surface area contributed by atoms with Crippen LogP contribution in [0.15, 0.2) is 33.9 Å². The van der Waals surface area contributed by atoms with E-state index in [1.165, 1.54) is 26.1 Å². The van der Waals surface area contributed by atoms with Crippen LogP contribution in [0, 0.1) is 5.82 Å². The Hall–Kier alpha value is -3.44. The number of carbonyl (C=O) groups excluding carboxylic acids is 2. The topological polar surface area (TPSA) is 114 Å². The number of oxazole rings is 1. The molecule has 12 heteroatoms. The van der Waals surface area contributed by atoms with Crippen LogP contribution >= 0.6 is 0 Å². The number of aliphatic imine (C=N–C) groups is 1. The number of nitrogens with zero attached hydrogens (tertiary/aromatic N) is 3. The SMILES string of the molecule is CN1C(=O)CC(C)(c2cc(NC(=O)c3coc(C(F)(F)F)n3)ccc2F)N=C1N. The van der Waals surface area contributed by atoms with Gasteiger partial charge >= 0.3 is 12.1 Å². The molecule has 0 radical (unpaired) electrons. The number of nitrogens with one attached hydrogen (secondary N) is 1. The number of carbonyl (C=O) groups is 2. The summed E-state index contributed by atoms with van der Waals surface area (Å²) in [6.07, 6.45) is -4.45. The van der Waals surface area contributed by atoms with Crippen molar-refractivity contribution in [2.45, 2.75) is 25.1 Å². The zero-order valence-corrected chi connectivity index (χ0v) is 15.2. The number of nitrogens with two attached hydrogens (primary N) is 1. The van der Waals surface area contributed by atoms with E-state index >= 15 is 0 Å². The predicted octanol–water partition coefficient (Wildman–Crippen LogP) is 2.48. The van der Waals surface area contributed by atoms with Crippen molar-refractivity contribution in [2.24, 2.45) is 10.7 Å². The molecule has 0 aliphatic carbocycles. The molecule has 1 aliphatic heterocycles. The lowest BCUT2D eigenvalue weighted by Gasteiger charge is -2.34. The highest BCUT2D eigenvalue weighted by molar-refractivity contribution is 6.03. The van der Waals surface area contributed by atoms with Crippen molar-refractivity contribution in [2.75, 3.05) is 12.4 Å². The molecule has 1 aromatic carbocycles. The van der Waals surface area contributed by atoms with E-state index in [-0.39, 0.29) is 29.5 Å². The van der Waals surface area contributed by atoms with E-state index in [9.17, 15) is 27.2 Å². The van der Waals surface area contributed by atoms with Crippen LogP contribution in [-0.4, -0.2) is 34.7 Å². The quantitative estimate of drug-likeness (QED) is 0.751. The Bertz CT molecular complexity index is 1020. The number of alkyl halides is 3. The molecule has 1 unspecified atom stereocenters. The van der Waals surface area contributed by atoms with Crippen molar-refractivity contribution in [1.82, 2.24) is 9.88 Å². The van der Waals surface area contributed by atoms with Gasteiger partial charge in [-0.3, -0.25) is 14.5 Å². The van der Waals surface area contributed by atoms with E-state index in [0.29, 0.717) is 6.26 Å². The van der Waals surface area contributed by atoms with Crippen LogP contribution in [0.4, 0.5) is 23.2 Å². The lowest BCUT2D eigenvalue weighted by Crippen LogP contribution is -2.47. The lowest BCUT2D eigenvalue weighted by atomic mass is 9.87. The molecule has 0 bridgehead atoms. The molecule has 1 aromatic heterocycles. The van der Waals surface area contributed by atoms with E-state index in [0.717, 1.165) is 11.0 Å². The number of hydrogen-bond donors (Lipinski definition) is 2. The number of halogens is 4. The van der Waals surface area contributed by atoms with Gasteiger partial charge in [-0.1, -0.05) is 0 Å². The smallest absolute Gasteiger partial charge is 0.441 e. The molecule has 1 atom stereocenters. The van der Waals surface area contributed by atoms with Gasteiger partial charge in [0.15, 0.2) is 11.7 Å². The summed E-state index contributed by atoms with van der Waals surface area (Å²) in [5.41, 5.74) is 3.83. The van der Waals surface area contributed by atoms with E-state index < -0.39 is 35.0 Å². The molecule has 0 spiro atoms. The second-order valence-electron chi connectivity index (χ2n) is 6.56. The minimum absolute atomic E-state index is 0.0177. The maximum Gasteiger partial charge on any atom is 0.468 e. The molecule has 29 heavy (non-hydrogen) atoms. The van der Waals surface area contributed by atoms with Gasteiger partial charge in [0.1, 0.15) is 12.1 Å². The molecule has 3 N–H and O–H groups in total. The molecule has 0 fully saturated rings. The van der Waals surface area contributed by atoms with Crippen molar-refractivity contribution in [3.8, 4) is 0 Å². The van der Waals surface area contributed by atoms with Crippen LogP contribution < -0.4 is 11.1 Å². The summed E-state index contributed by atoms with van der Waals surface area (Å²) >= 11 is 0. The molecule has 3 rings (SSSR count). The zero-order valence-electron chi connectivity index (χ0n) is 15.2. The van der Waals surface area contributed by atoms with Crippen LogP contribution in [0.1, 0.15) is 35.3 Å². The molecule has 154 valence electrons. The number of guanidine groups is 1. The van der Waals surface area contributed by atoms with Crippen LogP contribution in [0.25, 0.3) is 0 Å². The Morgan fingerprint density at radius 3 is 2.66 bits per heavy atom. The highest BCUT2D eigenvalue weighted by Crippen LogP contribution is 2.36. The second kappa shape index (κ2) is 6.87. The van der Waals surface area contributed by atoms with E-state index in [2.05, 4.69) is 19.7 Å². The van der Waals surface area contributed by atoms with Crippen LogP contribution in [-0.2, 0) is 16.5 Å². The van der Waals surface area contributed by atoms with E-state index in [4.69, 9.17) is 5.73 Å². The van der Waals surface area contributed by atoms with E-state index in [1.54, 1.807) is 0 Å². The Morgan fingerprint density at radius 1 is 1.38 bits per heavy atom. The van der Waals surface area contributed by atoms with E-state index in [1.807, 2.05) is 0 Å². The molecule has 8 nitrogen and oxygen atoms in total. The fourth-order valence-electron chi connectivity index (χ4n) is 2.78. The van der Waals surface area contributed by atoms with Crippen molar-refractivity contribution in [3.05, 3.63) is 47.4 Å². The molecule has 1 aliphatic rings.